The molecule has 0 saturated heterocycles. The van der Waals surface area contributed by atoms with Crippen LogP contribution in [0.4, 0.5) is 5.82 Å². The monoisotopic (exact) mass is 438 g/mol. The van der Waals surface area contributed by atoms with Crippen molar-refractivity contribution in [1.82, 2.24) is 24.3 Å². The van der Waals surface area contributed by atoms with Gasteiger partial charge in [-0.3, -0.25) is 14.2 Å². The van der Waals surface area contributed by atoms with Crippen molar-refractivity contribution in [3.05, 3.63) is 70.2 Å². The number of fused-ring (bicyclic) bond motifs is 2. The van der Waals surface area contributed by atoms with E-state index in [1.807, 2.05) is 12.1 Å². The van der Waals surface area contributed by atoms with E-state index in [0.717, 1.165) is 5.69 Å². The van der Waals surface area contributed by atoms with Crippen molar-refractivity contribution in [1.29, 1.82) is 0 Å². The van der Waals surface area contributed by atoms with Crippen molar-refractivity contribution in [2.75, 3.05) is 11.1 Å². The lowest BCUT2D eigenvalue weighted by Gasteiger charge is -2.13. The van der Waals surface area contributed by atoms with Gasteiger partial charge in [-0.2, -0.15) is 5.10 Å². The number of nitrogens with one attached hydrogen (secondary N) is 1. The smallest absolute Gasteiger partial charge is 0.265 e. The van der Waals surface area contributed by atoms with Crippen LogP contribution in [0.1, 0.15) is 12.5 Å². The molecule has 30 heavy (non-hydrogen) atoms. The second-order valence-electron chi connectivity index (χ2n) is 6.77. The number of carbonyl (C=O) groups is 1. The highest BCUT2D eigenvalue weighted by Crippen LogP contribution is 2.33. The summed E-state index contributed by atoms with van der Waals surface area (Å²) in [7, 11) is 0. The molecule has 0 spiro atoms. The standard InChI is InChI=1S/C20H15ClN6O2S/c21-12-4-6-13(7-5-12)27-18-15(10-23-27)19(29)26-14(11-30-20(26)25-18)9-17(28)24-16-3-1-2-8-22-16/h1-8,10,14H,9,11H2,(H,22,24,28). The molecular formula is C20H15ClN6O2S. The molecule has 1 aliphatic rings. The van der Waals surface area contributed by atoms with Crippen molar-refractivity contribution in [2.24, 2.45) is 0 Å². The van der Waals surface area contributed by atoms with Gasteiger partial charge < -0.3 is 5.32 Å². The zero-order valence-corrected chi connectivity index (χ0v) is 17.1. The molecule has 1 atom stereocenters. The summed E-state index contributed by atoms with van der Waals surface area (Å²) in [5.41, 5.74) is 1.05. The molecule has 4 heterocycles. The van der Waals surface area contributed by atoms with Crippen LogP contribution in [0.3, 0.4) is 0 Å². The van der Waals surface area contributed by atoms with Crippen molar-refractivity contribution in [3.8, 4) is 5.69 Å². The van der Waals surface area contributed by atoms with E-state index in [0.29, 0.717) is 32.8 Å². The second-order valence-corrected chi connectivity index (χ2v) is 8.20. The average Bonchev–Trinajstić information content (AvgIpc) is 3.34. The molecular weight excluding hydrogens is 424 g/mol. The van der Waals surface area contributed by atoms with Gasteiger partial charge >= 0.3 is 0 Å². The van der Waals surface area contributed by atoms with Gasteiger partial charge in [-0.05, 0) is 36.4 Å². The highest BCUT2D eigenvalue weighted by atomic mass is 35.5. The molecule has 4 aromatic rings. The maximum Gasteiger partial charge on any atom is 0.265 e. The average molecular weight is 439 g/mol. The van der Waals surface area contributed by atoms with Gasteiger partial charge in [-0.25, -0.2) is 14.6 Å². The number of benzene rings is 1. The third-order valence-corrected chi connectivity index (χ3v) is 6.14. The molecule has 0 aliphatic carbocycles. The quantitative estimate of drug-likeness (QED) is 0.491. The Morgan fingerprint density at radius 2 is 2.07 bits per heavy atom. The highest BCUT2D eigenvalue weighted by molar-refractivity contribution is 7.99. The van der Waals surface area contributed by atoms with E-state index >= 15 is 0 Å². The van der Waals surface area contributed by atoms with E-state index in [4.69, 9.17) is 11.6 Å². The summed E-state index contributed by atoms with van der Waals surface area (Å²) in [6, 6.07) is 12.2. The Hall–Kier alpha value is -3.17. The number of nitrogens with zero attached hydrogens (tertiary/aromatic N) is 5. The molecule has 0 fully saturated rings. The molecule has 0 radical (unpaired) electrons. The summed E-state index contributed by atoms with van der Waals surface area (Å²) in [5.74, 6) is 0.883. The van der Waals surface area contributed by atoms with Gasteiger partial charge in [0.25, 0.3) is 5.56 Å². The predicted molar refractivity (Wildman–Crippen MR) is 115 cm³/mol. The largest absolute Gasteiger partial charge is 0.311 e. The maximum atomic E-state index is 13.2. The Kier molecular flexibility index (Phi) is 4.76. The highest BCUT2D eigenvalue weighted by Gasteiger charge is 2.29. The number of amides is 1. The molecule has 1 aromatic carbocycles. The fourth-order valence-electron chi connectivity index (χ4n) is 3.40. The van der Waals surface area contributed by atoms with Crippen LogP contribution in [0, 0.1) is 0 Å². The molecule has 1 N–H and O–H groups in total. The van der Waals surface area contributed by atoms with Crippen LogP contribution in [0.2, 0.25) is 5.02 Å². The fourth-order valence-corrected chi connectivity index (χ4v) is 4.65. The van der Waals surface area contributed by atoms with E-state index < -0.39 is 0 Å². The summed E-state index contributed by atoms with van der Waals surface area (Å²) in [6.07, 6.45) is 3.29. The van der Waals surface area contributed by atoms with Gasteiger partial charge in [-0.1, -0.05) is 29.4 Å². The lowest BCUT2D eigenvalue weighted by atomic mass is 10.2. The van der Waals surface area contributed by atoms with Crippen LogP contribution >= 0.6 is 23.4 Å². The molecule has 1 amide bonds. The number of carbonyl (C=O) groups excluding carboxylic acids is 1. The molecule has 1 unspecified atom stereocenters. The van der Waals surface area contributed by atoms with Gasteiger partial charge in [-0.15, -0.1) is 0 Å². The van der Waals surface area contributed by atoms with E-state index in [2.05, 4.69) is 20.4 Å². The van der Waals surface area contributed by atoms with Crippen LogP contribution < -0.4 is 10.9 Å². The Morgan fingerprint density at radius 3 is 2.83 bits per heavy atom. The summed E-state index contributed by atoms with van der Waals surface area (Å²) in [4.78, 5) is 34.4. The zero-order chi connectivity index (χ0) is 20.7. The second kappa shape index (κ2) is 7.58. The summed E-state index contributed by atoms with van der Waals surface area (Å²) in [5, 5.41) is 8.71. The van der Waals surface area contributed by atoms with Gasteiger partial charge in [0.15, 0.2) is 10.8 Å². The van der Waals surface area contributed by atoms with Crippen molar-refractivity contribution in [2.45, 2.75) is 17.6 Å². The van der Waals surface area contributed by atoms with Gasteiger partial charge in [0.05, 0.1) is 17.9 Å². The van der Waals surface area contributed by atoms with Crippen molar-refractivity contribution in [3.63, 3.8) is 0 Å². The van der Waals surface area contributed by atoms with Gasteiger partial charge in [0.1, 0.15) is 11.2 Å². The van der Waals surface area contributed by atoms with Crippen LogP contribution in [0.25, 0.3) is 16.7 Å². The summed E-state index contributed by atoms with van der Waals surface area (Å²) >= 11 is 7.42. The number of thioether (sulfide) groups is 1. The minimum Gasteiger partial charge on any atom is -0.311 e. The molecule has 10 heteroatoms. The topological polar surface area (TPSA) is 94.7 Å². The predicted octanol–water partition coefficient (Wildman–Crippen LogP) is 3.31. The van der Waals surface area contributed by atoms with Crippen LogP contribution in [-0.4, -0.2) is 36.0 Å². The summed E-state index contributed by atoms with van der Waals surface area (Å²) in [6.45, 7) is 0. The molecule has 3 aromatic heterocycles. The maximum absolute atomic E-state index is 13.2. The minimum absolute atomic E-state index is 0.162. The Morgan fingerprint density at radius 1 is 1.23 bits per heavy atom. The lowest BCUT2D eigenvalue weighted by Crippen LogP contribution is -2.27. The third-order valence-electron chi connectivity index (χ3n) is 4.80. The van der Waals surface area contributed by atoms with Gasteiger partial charge in [0, 0.05) is 23.4 Å². The third kappa shape index (κ3) is 3.35. The normalized spacial score (nSPS) is 15.3. The first-order chi connectivity index (χ1) is 14.6. The number of anilines is 1. The van der Waals surface area contributed by atoms with Crippen LogP contribution in [-0.2, 0) is 4.79 Å². The molecule has 150 valence electrons. The van der Waals surface area contributed by atoms with E-state index in [-0.39, 0.29) is 23.9 Å². The van der Waals surface area contributed by atoms with E-state index in [9.17, 15) is 9.59 Å². The number of rotatable bonds is 4. The zero-order valence-electron chi connectivity index (χ0n) is 15.5. The number of pyridine rings is 1. The SMILES string of the molecule is O=C(CC1CSc2nc3c(cnn3-c3ccc(Cl)cc3)c(=O)n21)Nc1ccccn1. The first kappa shape index (κ1) is 18.8. The van der Waals surface area contributed by atoms with Crippen LogP contribution in [0.15, 0.2) is 64.8 Å². The van der Waals surface area contributed by atoms with E-state index in [1.165, 1.54) is 18.0 Å². The number of hydrogen-bond donors (Lipinski definition) is 1. The fraction of sp³-hybridized carbons (Fsp3) is 0.150. The minimum atomic E-state index is -0.281. The van der Waals surface area contributed by atoms with Gasteiger partial charge in [0.2, 0.25) is 5.91 Å². The van der Waals surface area contributed by atoms with Crippen molar-refractivity contribution < 1.29 is 4.79 Å². The van der Waals surface area contributed by atoms with Crippen LogP contribution in [0.5, 0.6) is 0 Å². The van der Waals surface area contributed by atoms with Crippen molar-refractivity contribution >= 4 is 46.1 Å². The summed E-state index contributed by atoms with van der Waals surface area (Å²) < 4.78 is 3.22. The molecule has 8 nitrogen and oxygen atoms in total. The number of aromatic nitrogens is 5. The Bertz CT molecular complexity index is 1300. The first-order valence-electron chi connectivity index (χ1n) is 9.20. The lowest BCUT2D eigenvalue weighted by molar-refractivity contribution is -0.116. The van der Waals surface area contributed by atoms with E-state index in [1.54, 1.807) is 45.8 Å². The molecule has 5 rings (SSSR count). The molecule has 0 bridgehead atoms. The Labute approximate surface area is 179 Å². The number of hydrogen-bond acceptors (Lipinski definition) is 6. The molecule has 0 saturated carbocycles. The number of halogens is 1. The molecule has 1 aliphatic heterocycles. The first-order valence-corrected chi connectivity index (χ1v) is 10.6. The Balaban J connectivity index is 1.46.